The minimum absolute atomic E-state index is 0.0369. The fourth-order valence-electron chi connectivity index (χ4n) is 1.56. The molecule has 1 atom stereocenters. The molecule has 0 spiro atoms. The number of hydrogen-bond donors (Lipinski definition) is 0. The van der Waals surface area contributed by atoms with Crippen molar-refractivity contribution in [1.29, 1.82) is 0 Å². The second kappa shape index (κ2) is 7.94. The zero-order valence-corrected chi connectivity index (χ0v) is 8.74. The van der Waals surface area contributed by atoms with Gasteiger partial charge in [-0.15, -0.1) is 0 Å². The summed E-state index contributed by atoms with van der Waals surface area (Å²) >= 11 is 0. The molecule has 82 valence electrons. The zero-order chi connectivity index (χ0) is 10.1. The normalized spacial score (nSPS) is 22.1. The van der Waals surface area contributed by atoms with Crippen molar-refractivity contribution in [3.05, 3.63) is 0 Å². The number of aldehydes is 1. The number of rotatable bonds is 7. The Morgan fingerprint density at radius 1 is 1.29 bits per heavy atom. The van der Waals surface area contributed by atoms with E-state index in [4.69, 9.17) is 9.47 Å². The van der Waals surface area contributed by atoms with Gasteiger partial charge in [0.25, 0.3) is 0 Å². The molecule has 1 aliphatic heterocycles. The van der Waals surface area contributed by atoms with Crippen LogP contribution in [0.4, 0.5) is 0 Å². The molecule has 3 heteroatoms. The van der Waals surface area contributed by atoms with Crippen LogP contribution in [0.25, 0.3) is 0 Å². The quantitative estimate of drug-likeness (QED) is 0.467. The molecule has 1 aliphatic rings. The molecule has 1 heterocycles. The van der Waals surface area contributed by atoms with Gasteiger partial charge in [-0.2, -0.15) is 0 Å². The average molecular weight is 200 g/mol. The van der Waals surface area contributed by atoms with Gasteiger partial charge in [-0.1, -0.05) is 6.42 Å². The maximum atomic E-state index is 10.0. The van der Waals surface area contributed by atoms with E-state index in [1.807, 2.05) is 0 Å². The average Bonchev–Trinajstić information content (AvgIpc) is 2.25. The van der Waals surface area contributed by atoms with E-state index in [0.29, 0.717) is 6.42 Å². The van der Waals surface area contributed by atoms with E-state index in [2.05, 4.69) is 0 Å². The first-order chi connectivity index (χ1) is 6.93. The smallest absolute Gasteiger partial charge is 0.157 e. The fourth-order valence-corrected chi connectivity index (χ4v) is 1.56. The Hall–Kier alpha value is -0.410. The van der Waals surface area contributed by atoms with Crippen molar-refractivity contribution in [2.24, 2.45) is 0 Å². The summed E-state index contributed by atoms with van der Waals surface area (Å²) in [5, 5.41) is 0. The predicted octanol–water partition coefficient (Wildman–Crippen LogP) is 2.29. The molecule has 0 aromatic heterocycles. The first kappa shape index (κ1) is 11.7. The van der Waals surface area contributed by atoms with Crippen molar-refractivity contribution in [3.8, 4) is 0 Å². The predicted molar refractivity (Wildman–Crippen MR) is 54.1 cm³/mol. The number of unbranched alkanes of at least 4 members (excludes halogenated alkanes) is 3. The standard InChI is InChI=1S/C11H20O3/c12-8-4-1-2-5-9-13-11-7-3-6-10-14-11/h8,11H,1-7,9-10H2/t11-/m1/s1. The molecular formula is C11H20O3. The fraction of sp³-hybridized carbons (Fsp3) is 0.909. The van der Waals surface area contributed by atoms with Crippen molar-refractivity contribution >= 4 is 6.29 Å². The Morgan fingerprint density at radius 2 is 2.21 bits per heavy atom. The molecule has 14 heavy (non-hydrogen) atoms. The Morgan fingerprint density at radius 3 is 2.93 bits per heavy atom. The van der Waals surface area contributed by atoms with Crippen molar-refractivity contribution in [3.63, 3.8) is 0 Å². The highest BCUT2D eigenvalue weighted by Crippen LogP contribution is 2.14. The van der Waals surface area contributed by atoms with Crippen LogP contribution in [-0.2, 0) is 14.3 Å². The molecule has 0 radical (unpaired) electrons. The maximum absolute atomic E-state index is 10.0. The SMILES string of the molecule is O=CCCCCCO[C@H]1CCCCO1. The van der Waals surface area contributed by atoms with Crippen LogP contribution in [-0.4, -0.2) is 25.8 Å². The lowest BCUT2D eigenvalue weighted by molar-refractivity contribution is -0.162. The first-order valence-electron chi connectivity index (χ1n) is 5.60. The molecule has 1 rings (SSSR count). The Balaban J connectivity index is 1.85. The lowest BCUT2D eigenvalue weighted by Gasteiger charge is -2.22. The summed E-state index contributed by atoms with van der Waals surface area (Å²) in [6, 6.07) is 0. The largest absolute Gasteiger partial charge is 0.353 e. The molecule has 3 nitrogen and oxygen atoms in total. The van der Waals surface area contributed by atoms with Gasteiger partial charge in [0, 0.05) is 19.6 Å². The molecular weight excluding hydrogens is 180 g/mol. The van der Waals surface area contributed by atoms with E-state index in [1.54, 1.807) is 0 Å². The molecule has 1 fully saturated rings. The first-order valence-corrected chi connectivity index (χ1v) is 5.60. The van der Waals surface area contributed by atoms with Gasteiger partial charge >= 0.3 is 0 Å². The van der Waals surface area contributed by atoms with Crippen LogP contribution in [0.5, 0.6) is 0 Å². The second-order valence-corrected chi connectivity index (χ2v) is 3.68. The highest BCUT2D eigenvalue weighted by Gasteiger charge is 2.12. The lowest BCUT2D eigenvalue weighted by atomic mass is 10.2. The van der Waals surface area contributed by atoms with Crippen molar-refractivity contribution in [1.82, 2.24) is 0 Å². The number of hydrogen-bond acceptors (Lipinski definition) is 3. The van der Waals surface area contributed by atoms with Gasteiger partial charge in [0.05, 0.1) is 0 Å². The molecule has 0 N–H and O–H groups in total. The van der Waals surface area contributed by atoms with Crippen LogP contribution in [0.15, 0.2) is 0 Å². The van der Waals surface area contributed by atoms with E-state index in [0.717, 1.165) is 45.2 Å². The van der Waals surface area contributed by atoms with E-state index < -0.39 is 0 Å². The van der Waals surface area contributed by atoms with Crippen LogP contribution in [0.2, 0.25) is 0 Å². The zero-order valence-electron chi connectivity index (χ0n) is 8.74. The maximum Gasteiger partial charge on any atom is 0.157 e. The monoisotopic (exact) mass is 200 g/mol. The van der Waals surface area contributed by atoms with Gasteiger partial charge in [-0.3, -0.25) is 0 Å². The van der Waals surface area contributed by atoms with Crippen LogP contribution in [0.3, 0.4) is 0 Å². The van der Waals surface area contributed by atoms with E-state index in [9.17, 15) is 4.79 Å². The molecule has 0 aliphatic carbocycles. The summed E-state index contributed by atoms with van der Waals surface area (Å²) in [5.74, 6) is 0. The summed E-state index contributed by atoms with van der Waals surface area (Å²) in [4.78, 5) is 10.0. The van der Waals surface area contributed by atoms with Crippen LogP contribution in [0, 0.1) is 0 Å². The minimum atomic E-state index is 0.0369. The van der Waals surface area contributed by atoms with Crippen LogP contribution < -0.4 is 0 Å². The summed E-state index contributed by atoms with van der Waals surface area (Å²) in [7, 11) is 0. The Bertz CT molecular complexity index is 141. The molecule has 1 saturated heterocycles. The topological polar surface area (TPSA) is 35.5 Å². The van der Waals surface area contributed by atoms with E-state index in [1.165, 1.54) is 12.8 Å². The third-order valence-electron chi connectivity index (χ3n) is 2.41. The minimum Gasteiger partial charge on any atom is -0.353 e. The van der Waals surface area contributed by atoms with Gasteiger partial charge < -0.3 is 14.3 Å². The summed E-state index contributed by atoms with van der Waals surface area (Å²) < 4.78 is 11.0. The molecule has 0 unspecified atom stereocenters. The van der Waals surface area contributed by atoms with Gasteiger partial charge in [-0.05, 0) is 32.1 Å². The number of ether oxygens (including phenoxy) is 2. The molecule has 0 aromatic carbocycles. The number of carbonyl (C=O) groups is 1. The van der Waals surface area contributed by atoms with E-state index in [-0.39, 0.29) is 6.29 Å². The summed E-state index contributed by atoms with van der Waals surface area (Å²) in [5.41, 5.74) is 0. The number of carbonyl (C=O) groups excluding carboxylic acids is 1. The molecule has 0 aromatic rings. The second-order valence-electron chi connectivity index (χ2n) is 3.68. The Labute approximate surface area is 85.8 Å². The van der Waals surface area contributed by atoms with Gasteiger partial charge in [-0.25, -0.2) is 0 Å². The summed E-state index contributed by atoms with van der Waals surface area (Å²) in [6.07, 6.45) is 8.21. The van der Waals surface area contributed by atoms with Crippen LogP contribution >= 0.6 is 0 Å². The molecule has 0 saturated carbocycles. The third kappa shape index (κ3) is 5.35. The van der Waals surface area contributed by atoms with Gasteiger partial charge in [0.1, 0.15) is 6.29 Å². The van der Waals surface area contributed by atoms with Gasteiger partial charge in [0.15, 0.2) is 6.29 Å². The highest BCUT2D eigenvalue weighted by molar-refractivity contribution is 5.48. The van der Waals surface area contributed by atoms with Gasteiger partial charge in [0.2, 0.25) is 0 Å². The van der Waals surface area contributed by atoms with Crippen molar-refractivity contribution < 1.29 is 14.3 Å². The molecule has 0 bridgehead atoms. The van der Waals surface area contributed by atoms with Crippen molar-refractivity contribution in [2.75, 3.05) is 13.2 Å². The van der Waals surface area contributed by atoms with Crippen molar-refractivity contribution in [2.45, 2.75) is 51.2 Å². The summed E-state index contributed by atoms with van der Waals surface area (Å²) in [6.45, 7) is 1.61. The Kier molecular flexibility index (Phi) is 6.62. The lowest BCUT2D eigenvalue weighted by Crippen LogP contribution is -2.22. The highest BCUT2D eigenvalue weighted by atomic mass is 16.7. The van der Waals surface area contributed by atoms with Crippen LogP contribution in [0.1, 0.15) is 44.9 Å². The molecule has 0 amide bonds. The third-order valence-corrected chi connectivity index (χ3v) is 2.41. The van der Waals surface area contributed by atoms with E-state index >= 15 is 0 Å².